The van der Waals surface area contributed by atoms with E-state index in [0.29, 0.717) is 25.4 Å². The van der Waals surface area contributed by atoms with E-state index in [2.05, 4.69) is 65.5 Å². The summed E-state index contributed by atoms with van der Waals surface area (Å²) in [5.74, 6) is -0.411. The zero-order valence-electron chi connectivity index (χ0n) is 23.1. The maximum Gasteiger partial charge on any atom is 0.469 e. The fraction of sp³-hybridized carbons (Fsp3) is 0.864. The predicted molar refractivity (Wildman–Crippen MR) is 145 cm³/mol. The van der Waals surface area contributed by atoms with Crippen LogP contribution in [-0.4, -0.2) is 72.3 Å². The molecule has 7 nitrogen and oxygen atoms in total. The molecule has 0 saturated heterocycles. The molecule has 0 aliphatic heterocycles. The fourth-order valence-electron chi connectivity index (χ4n) is 2.94. The number of hydrogen-bond donors (Lipinski definition) is 0. The third-order valence-electron chi connectivity index (χ3n) is 3.77. The van der Waals surface area contributed by atoms with Crippen molar-refractivity contribution in [2.75, 3.05) is 26.4 Å². The van der Waals surface area contributed by atoms with Gasteiger partial charge in [-0.1, -0.05) is 13.5 Å². The molecule has 0 N–H and O–H groups in total. The van der Waals surface area contributed by atoms with Crippen LogP contribution in [0, 0.1) is 0 Å². The van der Waals surface area contributed by atoms with Crippen LogP contribution in [0.15, 0.2) is 12.2 Å². The van der Waals surface area contributed by atoms with Gasteiger partial charge in [-0.2, -0.15) is 0 Å². The second-order valence-corrected chi connectivity index (χ2v) is 28.4. The van der Waals surface area contributed by atoms with Crippen LogP contribution < -0.4 is 0 Å². The largest absolute Gasteiger partial charge is 0.469 e. The van der Waals surface area contributed by atoms with Crippen LogP contribution in [0.25, 0.3) is 0 Å². The van der Waals surface area contributed by atoms with E-state index < -0.39 is 39.7 Å². The third-order valence-corrected chi connectivity index (χ3v) is 15.8. The first-order valence-corrected chi connectivity index (χ1v) is 24.2. The molecule has 0 amide bonds. The van der Waals surface area contributed by atoms with Gasteiger partial charge in [0.25, 0.3) is 0 Å². The summed E-state index contributed by atoms with van der Waals surface area (Å²) >= 11 is 0. The summed E-state index contributed by atoms with van der Waals surface area (Å²) in [7, 11) is -8.50. The van der Waals surface area contributed by atoms with Gasteiger partial charge >= 0.3 is 14.8 Å². The number of hydrogen-bond acceptors (Lipinski definition) is 7. The Morgan fingerprint density at radius 1 is 0.818 bits per heavy atom. The number of ether oxygens (including phenoxy) is 3. The van der Waals surface area contributed by atoms with Gasteiger partial charge in [0.05, 0.1) is 6.61 Å². The summed E-state index contributed by atoms with van der Waals surface area (Å²) in [4.78, 5) is 11.7. The van der Waals surface area contributed by atoms with Crippen molar-refractivity contribution in [2.24, 2.45) is 0 Å². The Labute approximate surface area is 207 Å². The van der Waals surface area contributed by atoms with E-state index in [1.54, 1.807) is 6.92 Å². The fourth-order valence-corrected chi connectivity index (χ4v) is 17.6. The molecular formula is C22H50O7Si4. The van der Waals surface area contributed by atoms with Crippen molar-refractivity contribution in [3.63, 3.8) is 0 Å². The highest BCUT2D eigenvalue weighted by Crippen LogP contribution is 2.29. The van der Waals surface area contributed by atoms with Gasteiger partial charge in [0.15, 0.2) is 25.0 Å². The van der Waals surface area contributed by atoms with Crippen molar-refractivity contribution in [1.29, 1.82) is 0 Å². The standard InChI is InChI=1S/C22H50O7Si4/c1-13-15-25-21(19-26-22(23)20(2)3)18-24-16-14-17-33(27-30(4,5)6,28-31(7,8)9)29-32(10,11)12/h21H,2,13-19H2,1,3-12H3. The molecule has 0 radical (unpaired) electrons. The molecule has 0 aliphatic carbocycles. The topological polar surface area (TPSA) is 72.5 Å². The molecule has 0 aromatic rings. The van der Waals surface area contributed by atoms with Crippen LogP contribution in [0.4, 0.5) is 0 Å². The van der Waals surface area contributed by atoms with Crippen LogP contribution in [-0.2, 0) is 31.4 Å². The Hall–Kier alpha value is -0.122. The minimum absolute atomic E-state index is 0.153. The molecule has 11 heteroatoms. The van der Waals surface area contributed by atoms with E-state index in [0.717, 1.165) is 18.9 Å². The molecule has 33 heavy (non-hydrogen) atoms. The lowest BCUT2D eigenvalue weighted by atomic mass is 10.3. The molecular weight excluding hydrogens is 489 g/mol. The van der Waals surface area contributed by atoms with E-state index in [9.17, 15) is 4.79 Å². The average Bonchev–Trinajstić information content (AvgIpc) is 2.57. The van der Waals surface area contributed by atoms with E-state index >= 15 is 0 Å². The van der Waals surface area contributed by atoms with Crippen molar-refractivity contribution in [3.05, 3.63) is 12.2 Å². The lowest BCUT2D eigenvalue weighted by Crippen LogP contribution is -2.60. The lowest BCUT2D eigenvalue weighted by molar-refractivity contribution is -0.145. The maximum absolute atomic E-state index is 11.7. The zero-order valence-corrected chi connectivity index (χ0v) is 27.1. The summed E-state index contributed by atoms with van der Waals surface area (Å²) in [6, 6.07) is 0.733. The molecule has 0 rings (SSSR count). The Bertz CT molecular complexity index is 554. The van der Waals surface area contributed by atoms with Gasteiger partial charge < -0.3 is 26.6 Å². The third kappa shape index (κ3) is 17.9. The molecule has 196 valence electrons. The average molecular weight is 539 g/mol. The summed E-state index contributed by atoms with van der Waals surface area (Å²) in [5.41, 5.74) is 0.374. The van der Waals surface area contributed by atoms with Gasteiger partial charge in [0.1, 0.15) is 12.7 Å². The van der Waals surface area contributed by atoms with Crippen molar-refractivity contribution in [3.8, 4) is 0 Å². The van der Waals surface area contributed by atoms with Gasteiger partial charge in [-0.15, -0.1) is 0 Å². The van der Waals surface area contributed by atoms with Crippen molar-refractivity contribution < 1.29 is 31.4 Å². The molecule has 1 atom stereocenters. The summed E-state index contributed by atoms with van der Waals surface area (Å²) in [6.45, 7) is 28.6. The zero-order chi connectivity index (χ0) is 25.9. The van der Waals surface area contributed by atoms with Crippen LogP contribution in [0.5, 0.6) is 0 Å². The first kappa shape index (κ1) is 32.9. The smallest absolute Gasteiger partial charge is 0.459 e. The number of carbonyl (C=O) groups is 1. The molecule has 0 aromatic heterocycles. The van der Waals surface area contributed by atoms with Gasteiger partial charge in [0.2, 0.25) is 0 Å². The van der Waals surface area contributed by atoms with Gasteiger partial charge in [-0.05, 0) is 78.7 Å². The molecule has 0 aromatic carbocycles. The second kappa shape index (κ2) is 14.4. The summed E-state index contributed by atoms with van der Waals surface area (Å²) in [5, 5.41) is 0. The minimum atomic E-state index is -2.85. The van der Waals surface area contributed by atoms with Crippen LogP contribution >= 0.6 is 0 Å². The van der Waals surface area contributed by atoms with Crippen LogP contribution in [0.1, 0.15) is 26.7 Å². The second-order valence-electron chi connectivity index (χ2n) is 11.4. The van der Waals surface area contributed by atoms with Gasteiger partial charge in [-0.3, -0.25) is 0 Å². The molecule has 1 unspecified atom stereocenters. The molecule has 0 bridgehead atoms. The first-order valence-electron chi connectivity index (χ1n) is 12.0. The maximum atomic E-state index is 11.7. The minimum Gasteiger partial charge on any atom is -0.459 e. The highest BCUT2D eigenvalue weighted by molar-refractivity contribution is 6.90. The Kier molecular flexibility index (Phi) is 14.4. The van der Waals surface area contributed by atoms with Crippen molar-refractivity contribution in [2.45, 2.75) is 97.8 Å². The molecule has 0 saturated carbocycles. The van der Waals surface area contributed by atoms with E-state index in [-0.39, 0.29) is 12.7 Å². The molecule has 0 aliphatic rings. The van der Waals surface area contributed by atoms with Crippen LogP contribution in [0.2, 0.25) is 65.0 Å². The Morgan fingerprint density at radius 3 is 1.70 bits per heavy atom. The Morgan fingerprint density at radius 2 is 1.30 bits per heavy atom. The van der Waals surface area contributed by atoms with E-state index in [4.69, 9.17) is 26.6 Å². The highest BCUT2D eigenvalue weighted by Gasteiger charge is 2.49. The Balaban J connectivity index is 5.08. The van der Waals surface area contributed by atoms with Crippen molar-refractivity contribution >= 4 is 39.7 Å². The number of rotatable bonds is 18. The normalized spacial score (nSPS) is 14.3. The number of carbonyl (C=O) groups excluding carboxylic acids is 1. The van der Waals surface area contributed by atoms with Gasteiger partial charge in [-0.25, -0.2) is 4.79 Å². The van der Waals surface area contributed by atoms with Crippen molar-refractivity contribution in [1.82, 2.24) is 0 Å². The molecule has 0 heterocycles. The predicted octanol–water partition coefficient (Wildman–Crippen LogP) is 5.80. The quantitative estimate of drug-likeness (QED) is 0.0945. The van der Waals surface area contributed by atoms with Gasteiger partial charge in [0, 0.05) is 24.8 Å². The number of esters is 1. The van der Waals surface area contributed by atoms with E-state index in [1.807, 2.05) is 6.92 Å². The molecule has 0 spiro atoms. The summed E-state index contributed by atoms with van der Waals surface area (Å²) < 4.78 is 37.1. The summed E-state index contributed by atoms with van der Waals surface area (Å²) in [6.07, 6.45) is 1.36. The SMILES string of the molecule is C=C(C)C(=O)OCC(COCCC[Si](O[Si](C)(C)C)(O[Si](C)(C)C)O[Si](C)(C)C)OCCC. The van der Waals surface area contributed by atoms with Crippen LogP contribution in [0.3, 0.4) is 0 Å². The lowest BCUT2D eigenvalue weighted by Gasteiger charge is -2.42. The highest BCUT2D eigenvalue weighted by atomic mass is 28.5. The van der Waals surface area contributed by atoms with E-state index in [1.165, 1.54) is 0 Å². The monoisotopic (exact) mass is 538 g/mol. The first-order chi connectivity index (χ1) is 14.9. The molecule has 0 fully saturated rings.